The Bertz CT molecular complexity index is 193. The van der Waals surface area contributed by atoms with Gasteiger partial charge in [-0.15, -0.1) is 0 Å². The van der Waals surface area contributed by atoms with E-state index in [1.807, 2.05) is 0 Å². The van der Waals surface area contributed by atoms with Crippen molar-refractivity contribution >= 4 is 0 Å². The molecule has 0 aliphatic carbocycles. The molecule has 0 spiro atoms. The Kier molecular flexibility index (Phi) is 2.32. The van der Waals surface area contributed by atoms with E-state index in [1.54, 1.807) is 0 Å². The number of nitriles is 1. The van der Waals surface area contributed by atoms with Gasteiger partial charge in [0.1, 0.15) is 0 Å². The summed E-state index contributed by atoms with van der Waals surface area (Å²) in [4.78, 5) is 2.53. The second-order valence-corrected chi connectivity index (χ2v) is 3.98. The first-order chi connectivity index (χ1) is 5.92. The van der Waals surface area contributed by atoms with Crippen molar-refractivity contribution in [3.8, 4) is 6.07 Å². The van der Waals surface area contributed by atoms with Gasteiger partial charge in [-0.05, 0) is 38.8 Å². The number of hydrogen-bond acceptors (Lipinski definition) is 2. The van der Waals surface area contributed by atoms with Crippen LogP contribution in [0.2, 0.25) is 0 Å². The molecule has 0 aromatic heterocycles. The quantitative estimate of drug-likeness (QED) is 0.545. The highest BCUT2D eigenvalue weighted by Crippen LogP contribution is 2.29. The number of hydrogen-bond donors (Lipinski definition) is 0. The highest BCUT2D eigenvalue weighted by molar-refractivity contribution is 4.97. The summed E-state index contributed by atoms with van der Waals surface area (Å²) in [6.45, 7) is 2.48. The lowest BCUT2D eigenvalue weighted by molar-refractivity contribution is 0.0811. The minimum absolute atomic E-state index is 0.332. The van der Waals surface area contributed by atoms with Gasteiger partial charge in [-0.1, -0.05) is 6.42 Å². The molecule has 2 rings (SSSR count). The lowest BCUT2D eigenvalue weighted by Crippen LogP contribution is -2.47. The molecule has 0 amide bonds. The van der Waals surface area contributed by atoms with E-state index < -0.39 is 0 Å². The molecule has 2 saturated heterocycles. The Morgan fingerprint density at radius 3 is 2.75 bits per heavy atom. The molecule has 2 heterocycles. The third-order valence-corrected chi connectivity index (χ3v) is 3.25. The Balaban J connectivity index is 2.05. The zero-order chi connectivity index (χ0) is 8.39. The van der Waals surface area contributed by atoms with Gasteiger partial charge < -0.3 is 0 Å². The molecular weight excluding hydrogens is 148 g/mol. The monoisotopic (exact) mass is 164 g/mol. The second-order valence-electron chi connectivity index (χ2n) is 3.98. The van der Waals surface area contributed by atoms with Crippen LogP contribution in [0.25, 0.3) is 0 Å². The molecular formula is C10H16N2. The van der Waals surface area contributed by atoms with Crippen LogP contribution in [0.4, 0.5) is 0 Å². The van der Waals surface area contributed by atoms with E-state index in [0.717, 1.165) is 6.42 Å². The minimum atomic E-state index is 0.332. The van der Waals surface area contributed by atoms with Crippen LogP contribution in [0.1, 0.15) is 32.1 Å². The van der Waals surface area contributed by atoms with E-state index in [1.165, 1.54) is 38.8 Å². The van der Waals surface area contributed by atoms with Gasteiger partial charge in [0, 0.05) is 6.04 Å². The standard InChI is InChI=1S/C10H16N2/c11-8-9-4-3-7-12-6-2-1-5-10(9)12/h9-10H,1-7H2. The van der Waals surface area contributed by atoms with E-state index in [0.29, 0.717) is 12.0 Å². The molecule has 2 unspecified atom stereocenters. The van der Waals surface area contributed by atoms with Crippen molar-refractivity contribution in [2.45, 2.75) is 38.1 Å². The maximum absolute atomic E-state index is 8.95. The van der Waals surface area contributed by atoms with E-state index in [2.05, 4.69) is 11.0 Å². The Morgan fingerprint density at radius 1 is 1.08 bits per heavy atom. The molecule has 2 nitrogen and oxygen atoms in total. The summed E-state index contributed by atoms with van der Waals surface area (Å²) >= 11 is 0. The van der Waals surface area contributed by atoms with Gasteiger partial charge in [-0.3, -0.25) is 4.90 Å². The lowest BCUT2D eigenvalue weighted by Gasteiger charge is -2.41. The minimum Gasteiger partial charge on any atom is -0.299 e. The van der Waals surface area contributed by atoms with Crippen LogP contribution in [0.15, 0.2) is 0 Å². The molecule has 0 radical (unpaired) electrons. The normalized spacial score (nSPS) is 36.9. The van der Waals surface area contributed by atoms with E-state index in [4.69, 9.17) is 5.26 Å². The summed E-state index contributed by atoms with van der Waals surface area (Å²) in [7, 11) is 0. The third kappa shape index (κ3) is 1.34. The highest BCUT2D eigenvalue weighted by Gasteiger charge is 2.32. The summed E-state index contributed by atoms with van der Waals surface area (Å²) in [6.07, 6.45) is 6.30. The summed E-state index contributed by atoms with van der Waals surface area (Å²) in [6, 6.07) is 3.07. The van der Waals surface area contributed by atoms with Crippen molar-refractivity contribution in [1.29, 1.82) is 5.26 Å². The predicted molar refractivity (Wildman–Crippen MR) is 47.5 cm³/mol. The zero-order valence-corrected chi connectivity index (χ0v) is 7.50. The maximum Gasteiger partial charge on any atom is 0.0672 e. The molecule has 0 aromatic carbocycles. The molecule has 0 N–H and O–H groups in total. The molecule has 2 aliphatic rings. The van der Waals surface area contributed by atoms with Gasteiger partial charge in [-0.25, -0.2) is 0 Å². The largest absolute Gasteiger partial charge is 0.299 e. The van der Waals surface area contributed by atoms with Crippen LogP contribution in [-0.4, -0.2) is 24.0 Å². The molecule has 0 bridgehead atoms. The van der Waals surface area contributed by atoms with Crippen molar-refractivity contribution in [3.05, 3.63) is 0 Å². The van der Waals surface area contributed by atoms with Crippen LogP contribution >= 0.6 is 0 Å². The molecule has 2 aliphatic heterocycles. The molecule has 2 heteroatoms. The van der Waals surface area contributed by atoms with Crippen molar-refractivity contribution in [3.63, 3.8) is 0 Å². The van der Waals surface area contributed by atoms with Crippen molar-refractivity contribution in [2.75, 3.05) is 13.1 Å². The average Bonchev–Trinajstić information content (AvgIpc) is 2.17. The van der Waals surface area contributed by atoms with Gasteiger partial charge in [0.2, 0.25) is 0 Å². The average molecular weight is 164 g/mol. The SMILES string of the molecule is N#CC1CCCN2CCCCC12. The van der Waals surface area contributed by atoms with Crippen molar-refractivity contribution in [1.82, 2.24) is 4.90 Å². The number of piperidine rings is 2. The lowest BCUT2D eigenvalue weighted by atomic mass is 9.84. The predicted octanol–water partition coefficient (Wildman–Crippen LogP) is 1.77. The number of rotatable bonds is 0. The van der Waals surface area contributed by atoms with Gasteiger partial charge in [0.05, 0.1) is 12.0 Å². The Labute approximate surface area is 74.2 Å². The van der Waals surface area contributed by atoms with Gasteiger partial charge >= 0.3 is 0 Å². The van der Waals surface area contributed by atoms with Crippen LogP contribution < -0.4 is 0 Å². The smallest absolute Gasteiger partial charge is 0.0672 e. The topological polar surface area (TPSA) is 27.0 Å². The second kappa shape index (κ2) is 3.45. The van der Waals surface area contributed by atoms with E-state index in [9.17, 15) is 0 Å². The van der Waals surface area contributed by atoms with Gasteiger partial charge in [0.15, 0.2) is 0 Å². The Hall–Kier alpha value is -0.550. The fourth-order valence-corrected chi connectivity index (χ4v) is 2.61. The third-order valence-electron chi connectivity index (χ3n) is 3.25. The fraction of sp³-hybridized carbons (Fsp3) is 0.900. The van der Waals surface area contributed by atoms with Crippen molar-refractivity contribution < 1.29 is 0 Å². The van der Waals surface area contributed by atoms with Crippen LogP contribution in [0, 0.1) is 17.2 Å². The first-order valence-electron chi connectivity index (χ1n) is 5.05. The van der Waals surface area contributed by atoms with E-state index >= 15 is 0 Å². The fourth-order valence-electron chi connectivity index (χ4n) is 2.61. The van der Waals surface area contributed by atoms with Gasteiger partial charge in [0.25, 0.3) is 0 Å². The van der Waals surface area contributed by atoms with Crippen LogP contribution in [0.5, 0.6) is 0 Å². The molecule has 66 valence electrons. The Morgan fingerprint density at radius 2 is 1.92 bits per heavy atom. The molecule has 2 atom stereocenters. The summed E-state index contributed by atoms with van der Waals surface area (Å²) in [5, 5.41) is 8.95. The first kappa shape index (κ1) is 8.07. The zero-order valence-electron chi connectivity index (χ0n) is 7.50. The summed E-state index contributed by atoms with van der Waals surface area (Å²) in [5.74, 6) is 0.332. The first-order valence-corrected chi connectivity index (χ1v) is 5.05. The van der Waals surface area contributed by atoms with Crippen LogP contribution in [0.3, 0.4) is 0 Å². The summed E-state index contributed by atoms with van der Waals surface area (Å²) in [5.41, 5.74) is 0. The maximum atomic E-state index is 8.95. The number of fused-ring (bicyclic) bond motifs is 1. The number of nitrogens with zero attached hydrogens (tertiary/aromatic N) is 2. The van der Waals surface area contributed by atoms with E-state index in [-0.39, 0.29) is 0 Å². The molecule has 12 heavy (non-hydrogen) atoms. The summed E-state index contributed by atoms with van der Waals surface area (Å²) < 4.78 is 0. The molecule has 0 saturated carbocycles. The molecule has 2 fully saturated rings. The van der Waals surface area contributed by atoms with Crippen molar-refractivity contribution in [2.24, 2.45) is 5.92 Å². The van der Waals surface area contributed by atoms with Gasteiger partial charge in [-0.2, -0.15) is 5.26 Å². The highest BCUT2D eigenvalue weighted by atomic mass is 15.2. The molecule has 0 aromatic rings. The van der Waals surface area contributed by atoms with Crippen LogP contribution in [-0.2, 0) is 0 Å².